The van der Waals surface area contributed by atoms with E-state index in [9.17, 15) is 4.79 Å². The van der Waals surface area contributed by atoms with Crippen molar-refractivity contribution in [1.82, 2.24) is 5.32 Å². The van der Waals surface area contributed by atoms with Crippen LogP contribution >= 0.6 is 69.6 Å². The molecule has 0 radical (unpaired) electrons. The van der Waals surface area contributed by atoms with Gasteiger partial charge in [0.15, 0.2) is 0 Å². The average Bonchev–Trinajstić information content (AvgIpc) is 2.28. The maximum absolute atomic E-state index is 12.1. The molecule has 0 aliphatic carbocycles. The van der Waals surface area contributed by atoms with Gasteiger partial charge in [-0.3, -0.25) is 4.79 Å². The minimum absolute atomic E-state index is 0.238. The molecule has 0 spiro atoms. The lowest BCUT2D eigenvalue weighted by Gasteiger charge is -2.30. The lowest BCUT2D eigenvalue weighted by molar-refractivity contribution is -0.129. The van der Waals surface area contributed by atoms with E-state index in [1.54, 1.807) is 20.8 Å². The molecule has 0 unspecified atom stereocenters. The van der Waals surface area contributed by atoms with E-state index in [2.05, 4.69) is 10.6 Å². The van der Waals surface area contributed by atoms with Gasteiger partial charge in [-0.05, 0) is 12.1 Å². The van der Waals surface area contributed by atoms with Crippen LogP contribution in [0.15, 0.2) is 12.1 Å². The van der Waals surface area contributed by atoms with E-state index < -0.39 is 15.4 Å². The van der Waals surface area contributed by atoms with Gasteiger partial charge in [0.2, 0.25) is 9.70 Å². The summed E-state index contributed by atoms with van der Waals surface area (Å²) in [4.78, 5) is 12.1. The van der Waals surface area contributed by atoms with Crippen molar-refractivity contribution in [2.45, 2.75) is 30.7 Å². The van der Waals surface area contributed by atoms with Crippen molar-refractivity contribution in [1.29, 1.82) is 0 Å². The Bertz CT molecular complexity index is 542. The van der Waals surface area contributed by atoms with Crippen LogP contribution < -0.4 is 10.6 Å². The van der Waals surface area contributed by atoms with Crippen LogP contribution in [0.2, 0.25) is 15.1 Å². The van der Waals surface area contributed by atoms with Crippen molar-refractivity contribution in [3.63, 3.8) is 0 Å². The lowest BCUT2D eigenvalue weighted by Crippen LogP contribution is -2.52. The second-order valence-electron chi connectivity index (χ2n) is 5.59. The van der Waals surface area contributed by atoms with Gasteiger partial charge in [0.1, 0.15) is 6.17 Å². The Morgan fingerprint density at radius 3 is 1.86 bits per heavy atom. The van der Waals surface area contributed by atoms with Crippen LogP contribution in [0.4, 0.5) is 5.69 Å². The van der Waals surface area contributed by atoms with Crippen LogP contribution in [0, 0.1) is 5.41 Å². The second kappa shape index (κ2) is 7.42. The van der Waals surface area contributed by atoms with Gasteiger partial charge in [0.05, 0.1) is 15.7 Å². The molecule has 0 fully saturated rings. The molecule has 0 saturated carbocycles. The summed E-state index contributed by atoms with van der Waals surface area (Å²) in [5.74, 6) is -0.308. The number of anilines is 1. The van der Waals surface area contributed by atoms with E-state index in [4.69, 9.17) is 69.6 Å². The van der Waals surface area contributed by atoms with Gasteiger partial charge in [0, 0.05) is 10.4 Å². The number of alkyl halides is 3. The minimum Gasteiger partial charge on any atom is -0.359 e. The third-order valence-electron chi connectivity index (χ3n) is 2.58. The van der Waals surface area contributed by atoms with E-state index in [0.717, 1.165) is 0 Å². The van der Waals surface area contributed by atoms with Crippen molar-refractivity contribution in [3.05, 3.63) is 27.2 Å². The zero-order valence-corrected chi connectivity index (χ0v) is 16.4. The molecule has 2 N–H and O–H groups in total. The SMILES string of the molecule is CC(C)(C)C(=O)N[C@H](Nc1c(Cl)cc(Cl)cc1Cl)C(Cl)(Cl)Cl. The second-order valence-corrected chi connectivity index (χ2v) is 9.21. The van der Waals surface area contributed by atoms with Crippen molar-refractivity contribution in [2.24, 2.45) is 5.41 Å². The fourth-order valence-electron chi connectivity index (χ4n) is 1.37. The maximum Gasteiger partial charge on any atom is 0.228 e. The number of hydrogen-bond acceptors (Lipinski definition) is 2. The van der Waals surface area contributed by atoms with Crippen molar-refractivity contribution in [3.8, 4) is 0 Å². The van der Waals surface area contributed by atoms with Gasteiger partial charge in [-0.15, -0.1) is 0 Å². The van der Waals surface area contributed by atoms with Crippen LogP contribution in [0.25, 0.3) is 0 Å². The summed E-state index contributed by atoms with van der Waals surface area (Å²) in [5.41, 5.74) is -0.359. The Hall–Kier alpha value is 0.230. The fourth-order valence-corrected chi connectivity index (χ4v) is 2.63. The molecule has 0 saturated heterocycles. The molecular formula is C13H14Cl6N2O. The fraction of sp³-hybridized carbons (Fsp3) is 0.462. The van der Waals surface area contributed by atoms with Crippen LogP contribution in [0.3, 0.4) is 0 Å². The van der Waals surface area contributed by atoms with Gasteiger partial charge in [0.25, 0.3) is 0 Å². The molecule has 0 heterocycles. The molecule has 1 amide bonds. The van der Waals surface area contributed by atoms with Crippen LogP contribution in [0.5, 0.6) is 0 Å². The van der Waals surface area contributed by atoms with E-state index in [0.29, 0.717) is 10.7 Å². The number of carbonyl (C=O) groups is 1. The molecule has 9 heteroatoms. The smallest absolute Gasteiger partial charge is 0.228 e. The zero-order chi connectivity index (χ0) is 17.3. The molecule has 22 heavy (non-hydrogen) atoms. The third-order valence-corrected chi connectivity index (χ3v) is 4.05. The van der Waals surface area contributed by atoms with E-state index >= 15 is 0 Å². The molecular weight excluding hydrogens is 413 g/mol. The number of halogens is 6. The first-order valence-electron chi connectivity index (χ1n) is 6.11. The Morgan fingerprint density at radius 1 is 1.05 bits per heavy atom. The topological polar surface area (TPSA) is 41.1 Å². The van der Waals surface area contributed by atoms with Crippen molar-refractivity contribution < 1.29 is 4.79 Å². The summed E-state index contributed by atoms with van der Waals surface area (Å²) in [5, 5.41) is 6.29. The monoisotopic (exact) mass is 424 g/mol. The quantitative estimate of drug-likeness (QED) is 0.465. The first-order valence-corrected chi connectivity index (χ1v) is 8.38. The molecule has 0 aromatic heterocycles. The molecule has 124 valence electrons. The highest BCUT2D eigenvalue weighted by molar-refractivity contribution is 6.68. The Labute approximate surface area is 159 Å². The van der Waals surface area contributed by atoms with Crippen molar-refractivity contribution >= 4 is 81.2 Å². The molecule has 0 bridgehead atoms. The highest BCUT2D eigenvalue weighted by Gasteiger charge is 2.37. The standard InChI is InChI=1S/C13H14Cl6N2O/c1-12(2,3)11(22)21-10(13(17,18)19)20-9-7(15)4-6(14)5-8(9)16/h4-5,10,20H,1-3H3,(H,21,22)/t10-/m0/s1. The first-order chi connectivity index (χ1) is 9.82. The number of nitrogens with one attached hydrogen (secondary N) is 2. The number of rotatable bonds is 3. The summed E-state index contributed by atoms with van der Waals surface area (Å²) in [7, 11) is 0. The maximum atomic E-state index is 12.1. The minimum atomic E-state index is -1.83. The average molecular weight is 427 g/mol. The molecule has 1 atom stereocenters. The molecule has 1 aromatic carbocycles. The van der Waals surface area contributed by atoms with Gasteiger partial charge < -0.3 is 10.6 Å². The predicted octanol–water partition coefficient (Wildman–Crippen LogP) is 5.92. The highest BCUT2D eigenvalue weighted by Crippen LogP contribution is 2.37. The molecule has 0 aliphatic rings. The lowest BCUT2D eigenvalue weighted by atomic mass is 9.95. The number of amides is 1. The van der Waals surface area contributed by atoms with Gasteiger partial charge >= 0.3 is 0 Å². The molecule has 1 aromatic rings. The van der Waals surface area contributed by atoms with Crippen LogP contribution in [-0.4, -0.2) is 15.9 Å². The Balaban J connectivity index is 3.09. The summed E-state index contributed by atoms with van der Waals surface area (Å²) >= 11 is 35.8. The van der Waals surface area contributed by atoms with Crippen LogP contribution in [-0.2, 0) is 4.79 Å². The molecule has 1 rings (SSSR count). The molecule has 3 nitrogen and oxygen atoms in total. The summed E-state index contributed by atoms with van der Waals surface area (Å²) < 4.78 is -1.83. The van der Waals surface area contributed by atoms with Gasteiger partial charge in [-0.2, -0.15) is 0 Å². The van der Waals surface area contributed by atoms with Crippen LogP contribution in [0.1, 0.15) is 20.8 Å². The van der Waals surface area contributed by atoms with Crippen molar-refractivity contribution in [2.75, 3.05) is 5.32 Å². The highest BCUT2D eigenvalue weighted by atomic mass is 35.6. The molecule has 0 aliphatic heterocycles. The summed E-state index contributed by atoms with van der Waals surface area (Å²) in [6.45, 7) is 5.21. The Kier molecular flexibility index (Phi) is 6.83. The number of benzene rings is 1. The van der Waals surface area contributed by atoms with E-state index in [1.807, 2.05) is 0 Å². The third kappa shape index (κ3) is 5.70. The predicted molar refractivity (Wildman–Crippen MR) is 96.8 cm³/mol. The number of carbonyl (C=O) groups excluding carboxylic acids is 1. The van der Waals surface area contributed by atoms with Gasteiger partial charge in [-0.25, -0.2) is 0 Å². The first kappa shape index (κ1) is 20.3. The van der Waals surface area contributed by atoms with E-state index in [-0.39, 0.29) is 16.0 Å². The largest absolute Gasteiger partial charge is 0.359 e. The van der Waals surface area contributed by atoms with Gasteiger partial charge in [-0.1, -0.05) is 90.4 Å². The summed E-state index contributed by atoms with van der Waals surface area (Å²) in [6.07, 6.45) is -1.04. The Morgan fingerprint density at radius 2 is 1.50 bits per heavy atom. The normalized spacial score (nSPS) is 13.7. The zero-order valence-electron chi connectivity index (χ0n) is 11.9. The van der Waals surface area contributed by atoms with E-state index in [1.165, 1.54) is 12.1 Å². The number of hydrogen-bond donors (Lipinski definition) is 2. The summed E-state index contributed by atoms with van der Waals surface area (Å²) in [6, 6.07) is 2.97.